The van der Waals surface area contributed by atoms with Gasteiger partial charge in [-0.25, -0.2) is 9.97 Å². The van der Waals surface area contributed by atoms with Crippen LogP contribution in [0.1, 0.15) is 11.1 Å². The summed E-state index contributed by atoms with van der Waals surface area (Å²) in [5.74, 6) is 0.683. The van der Waals surface area contributed by atoms with E-state index in [-0.39, 0.29) is 0 Å². The van der Waals surface area contributed by atoms with Crippen molar-refractivity contribution in [1.82, 2.24) is 14.5 Å². The average Bonchev–Trinajstić information content (AvgIpc) is 3.59. The summed E-state index contributed by atoms with van der Waals surface area (Å²) in [7, 11) is 0. The monoisotopic (exact) mass is 581 g/mol. The zero-order valence-electron chi connectivity index (χ0n) is 24.4. The minimum atomic E-state index is 0.683. The van der Waals surface area contributed by atoms with E-state index in [1.165, 1.54) is 53.2 Å². The molecule has 3 nitrogen and oxygen atoms in total. The average molecular weight is 582 g/mol. The van der Waals surface area contributed by atoms with Crippen LogP contribution in [0.2, 0.25) is 0 Å². The number of aryl methyl sites for hydroxylation is 2. The van der Waals surface area contributed by atoms with E-state index in [1.54, 1.807) is 0 Å². The number of para-hydroxylation sites is 2. The molecule has 0 bridgehead atoms. The first-order chi connectivity index (χ1) is 21.6. The predicted molar refractivity (Wildman–Crippen MR) is 187 cm³/mol. The van der Waals surface area contributed by atoms with Crippen LogP contribution in [-0.4, -0.2) is 14.5 Å². The Labute approximate surface area is 258 Å². The lowest BCUT2D eigenvalue weighted by Crippen LogP contribution is -2.03. The molecule has 0 atom stereocenters. The van der Waals surface area contributed by atoms with Crippen LogP contribution in [0.15, 0.2) is 127 Å². The predicted octanol–water partition coefficient (Wildman–Crippen LogP) is 11.0. The Morgan fingerprint density at radius 1 is 0.477 bits per heavy atom. The van der Waals surface area contributed by atoms with Crippen molar-refractivity contribution in [3.63, 3.8) is 0 Å². The van der Waals surface area contributed by atoms with Gasteiger partial charge in [0.05, 0.1) is 22.2 Å². The number of fused-ring (bicyclic) bond motifs is 7. The van der Waals surface area contributed by atoms with Gasteiger partial charge in [0.1, 0.15) is 0 Å². The molecule has 0 saturated heterocycles. The number of nitrogens with zero attached hydrogens (tertiary/aromatic N) is 3. The Bertz CT molecular complexity index is 2570. The fraction of sp³-hybridized carbons (Fsp3) is 0.0500. The lowest BCUT2D eigenvalue weighted by atomic mass is 10.0. The van der Waals surface area contributed by atoms with E-state index in [9.17, 15) is 0 Å². The van der Waals surface area contributed by atoms with Crippen molar-refractivity contribution in [3.8, 4) is 28.3 Å². The third-order valence-electron chi connectivity index (χ3n) is 8.67. The fourth-order valence-corrected chi connectivity index (χ4v) is 7.86. The van der Waals surface area contributed by atoms with Crippen molar-refractivity contribution in [1.29, 1.82) is 0 Å². The molecule has 0 unspecified atom stereocenters. The molecular formula is C40H27N3S. The summed E-state index contributed by atoms with van der Waals surface area (Å²) in [5.41, 5.74) is 10.1. The molecule has 3 heterocycles. The first-order valence-electron chi connectivity index (χ1n) is 14.9. The van der Waals surface area contributed by atoms with Gasteiger partial charge in [0.2, 0.25) is 5.95 Å². The Morgan fingerprint density at radius 2 is 1.11 bits per heavy atom. The van der Waals surface area contributed by atoms with Crippen molar-refractivity contribution >= 4 is 64.2 Å². The third-order valence-corrected chi connectivity index (χ3v) is 9.82. The molecule has 0 aliphatic heterocycles. The van der Waals surface area contributed by atoms with Crippen molar-refractivity contribution in [2.75, 3.05) is 0 Å². The number of thiophene rings is 1. The Morgan fingerprint density at radius 3 is 1.95 bits per heavy atom. The molecule has 0 fully saturated rings. The van der Waals surface area contributed by atoms with Gasteiger partial charge in [0.25, 0.3) is 0 Å². The molecule has 208 valence electrons. The molecule has 0 radical (unpaired) electrons. The highest BCUT2D eigenvalue weighted by atomic mass is 32.1. The largest absolute Gasteiger partial charge is 0.278 e. The van der Waals surface area contributed by atoms with Gasteiger partial charge in [0, 0.05) is 41.9 Å². The lowest BCUT2D eigenvalue weighted by molar-refractivity contribution is 1.01. The molecule has 6 aromatic carbocycles. The maximum Gasteiger partial charge on any atom is 0.235 e. The van der Waals surface area contributed by atoms with E-state index in [4.69, 9.17) is 9.97 Å². The molecule has 3 aromatic heterocycles. The summed E-state index contributed by atoms with van der Waals surface area (Å²) in [5, 5.41) is 6.07. The zero-order valence-corrected chi connectivity index (χ0v) is 25.2. The second-order valence-corrected chi connectivity index (χ2v) is 12.7. The molecule has 44 heavy (non-hydrogen) atoms. The second-order valence-electron chi connectivity index (χ2n) is 11.7. The molecule has 4 heteroatoms. The van der Waals surface area contributed by atoms with E-state index in [0.29, 0.717) is 5.95 Å². The van der Waals surface area contributed by atoms with Gasteiger partial charge >= 0.3 is 0 Å². The van der Waals surface area contributed by atoms with E-state index in [1.807, 2.05) is 11.3 Å². The highest BCUT2D eigenvalue weighted by Gasteiger charge is 2.18. The van der Waals surface area contributed by atoms with Crippen LogP contribution >= 0.6 is 11.3 Å². The number of benzene rings is 6. The molecule has 9 rings (SSSR count). The molecule has 9 aromatic rings. The summed E-state index contributed by atoms with van der Waals surface area (Å²) >= 11 is 1.86. The topological polar surface area (TPSA) is 30.7 Å². The zero-order chi connectivity index (χ0) is 29.4. The molecule has 0 amide bonds. The van der Waals surface area contributed by atoms with Gasteiger partial charge in [-0.15, -0.1) is 11.3 Å². The van der Waals surface area contributed by atoms with Crippen LogP contribution in [0.3, 0.4) is 0 Å². The van der Waals surface area contributed by atoms with Crippen molar-refractivity contribution in [2.24, 2.45) is 0 Å². The van der Waals surface area contributed by atoms with Crippen molar-refractivity contribution in [3.05, 3.63) is 139 Å². The molecule has 0 aliphatic rings. The summed E-state index contributed by atoms with van der Waals surface area (Å²) in [4.78, 5) is 10.4. The first-order valence-corrected chi connectivity index (χ1v) is 15.7. The minimum Gasteiger partial charge on any atom is -0.278 e. The summed E-state index contributed by atoms with van der Waals surface area (Å²) in [6.45, 7) is 4.29. The van der Waals surface area contributed by atoms with E-state index < -0.39 is 0 Å². The SMILES string of the molecule is Cc1cc(C)cc(-c2nc(-n3c4ccccc4c4cc(-c5ccc6sc7ccccc7c6c5)ccc43)nc3ccccc23)c1. The normalized spacial score (nSPS) is 11.9. The number of aromatic nitrogens is 3. The van der Waals surface area contributed by atoms with Crippen LogP contribution < -0.4 is 0 Å². The van der Waals surface area contributed by atoms with Gasteiger partial charge in [-0.1, -0.05) is 83.9 Å². The van der Waals surface area contributed by atoms with Crippen LogP contribution in [0, 0.1) is 13.8 Å². The van der Waals surface area contributed by atoms with Crippen molar-refractivity contribution in [2.45, 2.75) is 13.8 Å². The Kier molecular flexibility index (Phi) is 5.50. The Balaban J connectivity index is 1.28. The standard InChI is InChI=1S/C40H27N3S/c1-24-19-25(2)21-28(20-24)39-31-11-3-6-12-34(31)41-40(42-39)43-35-13-7-4-9-29(35)32-22-26(15-17-36(32)43)27-16-18-38-33(23-27)30-10-5-8-14-37(30)44-38/h3-23H,1-2H3. The van der Waals surface area contributed by atoms with Gasteiger partial charge in [0.15, 0.2) is 0 Å². The molecule has 0 saturated carbocycles. The first kappa shape index (κ1) is 25.2. The number of hydrogen-bond acceptors (Lipinski definition) is 3. The maximum absolute atomic E-state index is 5.29. The minimum absolute atomic E-state index is 0.683. The highest BCUT2D eigenvalue weighted by Crippen LogP contribution is 2.39. The molecule has 0 spiro atoms. The smallest absolute Gasteiger partial charge is 0.235 e. The van der Waals surface area contributed by atoms with Crippen LogP contribution in [0.25, 0.3) is 81.2 Å². The van der Waals surface area contributed by atoms with E-state index in [2.05, 4.69) is 146 Å². The quantitative estimate of drug-likeness (QED) is 0.208. The lowest BCUT2D eigenvalue weighted by Gasteiger charge is -2.13. The second kappa shape index (κ2) is 9.60. The van der Waals surface area contributed by atoms with Crippen molar-refractivity contribution < 1.29 is 0 Å². The number of rotatable bonds is 3. The van der Waals surface area contributed by atoms with Crippen LogP contribution in [0.5, 0.6) is 0 Å². The van der Waals surface area contributed by atoms with E-state index in [0.717, 1.165) is 33.2 Å². The highest BCUT2D eigenvalue weighted by molar-refractivity contribution is 7.25. The molecule has 0 N–H and O–H groups in total. The van der Waals surface area contributed by atoms with Crippen LogP contribution in [-0.2, 0) is 0 Å². The van der Waals surface area contributed by atoms with Crippen LogP contribution in [0.4, 0.5) is 0 Å². The molecular weight excluding hydrogens is 555 g/mol. The van der Waals surface area contributed by atoms with Gasteiger partial charge < -0.3 is 0 Å². The van der Waals surface area contributed by atoms with Gasteiger partial charge in [-0.3, -0.25) is 4.57 Å². The summed E-state index contributed by atoms with van der Waals surface area (Å²) in [6, 6.07) is 45.9. The molecule has 0 aliphatic carbocycles. The summed E-state index contributed by atoms with van der Waals surface area (Å²) < 4.78 is 4.87. The van der Waals surface area contributed by atoms with E-state index >= 15 is 0 Å². The maximum atomic E-state index is 5.29. The Hall–Kier alpha value is -5.32. The third kappa shape index (κ3) is 3.88. The van der Waals surface area contributed by atoms with Gasteiger partial charge in [-0.05, 0) is 79.6 Å². The van der Waals surface area contributed by atoms with Gasteiger partial charge in [-0.2, -0.15) is 0 Å². The summed E-state index contributed by atoms with van der Waals surface area (Å²) in [6.07, 6.45) is 0. The fourth-order valence-electron chi connectivity index (χ4n) is 6.77. The number of hydrogen-bond donors (Lipinski definition) is 0.